The van der Waals surface area contributed by atoms with E-state index in [4.69, 9.17) is 11.6 Å². The van der Waals surface area contributed by atoms with Crippen molar-refractivity contribution < 1.29 is 4.92 Å². The topological polar surface area (TPSA) is 68.1 Å². The summed E-state index contributed by atoms with van der Waals surface area (Å²) >= 11 is 5.87. The lowest BCUT2D eigenvalue weighted by Crippen LogP contribution is -2.18. The predicted molar refractivity (Wildman–Crippen MR) is 81.6 cm³/mol. The quantitative estimate of drug-likeness (QED) is 0.526. The number of nitro groups is 1. The minimum Gasteiger partial charge on any atom is -0.357 e. The lowest BCUT2D eigenvalue weighted by molar-refractivity contribution is -0.384. The summed E-state index contributed by atoms with van der Waals surface area (Å²) in [7, 11) is 0. The molecule has 1 atom stereocenters. The van der Waals surface area contributed by atoms with Gasteiger partial charge in [-0.05, 0) is 36.5 Å². The Morgan fingerprint density at radius 2 is 2.10 bits per heavy atom. The molecule has 1 N–H and O–H groups in total. The second kappa shape index (κ2) is 5.69. The minimum absolute atomic E-state index is 0.0274. The Labute approximate surface area is 127 Å². The number of rotatable bonds is 3. The molecule has 6 heteroatoms. The van der Waals surface area contributed by atoms with E-state index < -0.39 is 4.92 Å². The van der Waals surface area contributed by atoms with Crippen molar-refractivity contribution in [3.63, 3.8) is 0 Å². The third-order valence-electron chi connectivity index (χ3n) is 3.72. The molecule has 0 aliphatic heterocycles. The second-order valence-electron chi connectivity index (χ2n) is 5.05. The fraction of sp³-hybridized carbons (Fsp3) is 0.267. The molecule has 1 aliphatic rings. The van der Waals surface area contributed by atoms with Crippen molar-refractivity contribution in [3.05, 3.63) is 62.8 Å². The molecule has 108 valence electrons. The molecule has 1 aromatic heterocycles. The van der Waals surface area contributed by atoms with Gasteiger partial charge in [-0.15, -0.1) is 0 Å². The summed E-state index contributed by atoms with van der Waals surface area (Å²) in [6.45, 7) is 0. The monoisotopic (exact) mass is 303 g/mol. The second-order valence-corrected chi connectivity index (χ2v) is 5.43. The summed E-state index contributed by atoms with van der Waals surface area (Å²) < 4.78 is 0. The third kappa shape index (κ3) is 2.83. The first kappa shape index (κ1) is 13.8. The van der Waals surface area contributed by atoms with Crippen LogP contribution in [0.15, 0.2) is 36.4 Å². The van der Waals surface area contributed by atoms with Crippen molar-refractivity contribution >= 4 is 23.1 Å². The molecule has 21 heavy (non-hydrogen) atoms. The number of pyridine rings is 1. The van der Waals surface area contributed by atoms with Gasteiger partial charge in [0.15, 0.2) is 0 Å². The predicted octanol–water partition coefficient (Wildman–Crippen LogP) is 4.13. The van der Waals surface area contributed by atoms with Crippen LogP contribution in [-0.2, 0) is 6.42 Å². The molecule has 1 unspecified atom stereocenters. The summed E-state index contributed by atoms with van der Waals surface area (Å²) in [6.07, 6.45) is 3.00. The van der Waals surface area contributed by atoms with Gasteiger partial charge in [-0.2, -0.15) is 0 Å². The Bertz CT molecular complexity index is 690. The first-order valence-corrected chi connectivity index (χ1v) is 7.18. The number of hydrogen-bond donors (Lipinski definition) is 1. The molecule has 0 amide bonds. The first-order chi connectivity index (χ1) is 10.1. The van der Waals surface area contributed by atoms with Gasteiger partial charge in [-0.25, -0.2) is 4.98 Å². The SMILES string of the molecule is O=[N+]([O-])c1ccc(Cl)nc1NC1CCCc2ccccc21. The highest BCUT2D eigenvalue weighted by molar-refractivity contribution is 6.29. The van der Waals surface area contributed by atoms with Gasteiger partial charge in [0.2, 0.25) is 5.82 Å². The molecular formula is C15H14ClN3O2. The van der Waals surface area contributed by atoms with Crippen molar-refractivity contribution in [2.24, 2.45) is 0 Å². The zero-order valence-electron chi connectivity index (χ0n) is 11.3. The molecule has 5 nitrogen and oxygen atoms in total. The van der Waals surface area contributed by atoms with E-state index in [2.05, 4.69) is 22.4 Å². The standard InChI is InChI=1S/C15H14ClN3O2/c16-14-9-8-13(19(20)21)15(18-14)17-12-7-3-5-10-4-1-2-6-11(10)12/h1-2,4,6,8-9,12H,3,5,7H2,(H,17,18). The van der Waals surface area contributed by atoms with Crippen LogP contribution in [0.25, 0.3) is 0 Å². The number of aryl methyl sites for hydroxylation is 1. The van der Waals surface area contributed by atoms with E-state index in [1.165, 1.54) is 23.3 Å². The van der Waals surface area contributed by atoms with Gasteiger partial charge in [0.25, 0.3) is 0 Å². The molecule has 3 rings (SSSR count). The van der Waals surface area contributed by atoms with Crippen LogP contribution in [-0.4, -0.2) is 9.91 Å². The lowest BCUT2D eigenvalue weighted by atomic mass is 9.88. The molecule has 1 aliphatic carbocycles. The molecule has 0 bridgehead atoms. The molecule has 0 saturated heterocycles. The highest BCUT2D eigenvalue weighted by atomic mass is 35.5. The molecule has 2 aromatic rings. The van der Waals surface area contributed by atoms with Gasteiger partial charge in [-0.1, -0.05) is 35.9 Å². The number of benzene rings is 1. The first-order valence-electron chi connectivity index (χ1n) is 6.80. The molecule has 0 saturated carbocycles. The van der Waals surface area contributed by atoms with Crippen molar-refractivity contribution in [2.45, 2.75) is 25.3 Å². The molecule has 1 aromatic carbocycles. The Balaban J connectivity index is 1.95. The number of halogens is 1. The summed E-state index contributed by atoms with van der Waals surface area (Å²) in [4.78, 5) is 14.7. The van der Waals surface area contributed by atoms with E-state index in [0.717, 1.165) is 19.3 Å². The number of nitrogens with zero attached hydrogens (tertiary/aromatic N) is 2. The largest absolute Gasteiger partial charge is 0.357 e. The highest BCUT2D eigenvalue weighted by Gasteiger charge is 2.24. The number of fused-ring (bicyclic) bond motifs is 1. The summed E-state index contributed by atoms with van der Waals surface area (Å²) in [5.74, 6) is 0.231. The van der Waals surface area contributed by atoms with E-state index in [9.17, 15) is 10.1 Å². The van der Waals surface area contributed by atoms with Gasteiger partial charge >= 0.3 is 5.69 Å². The van der Waals surface area contributed by atoms with Crippen LogP contribution in [0.3, 0.4) is 0 Å². The van der Waals surface area contributed by atoms with Crippen molar-refractivity contribution in [3.8, 4) is 0 Å². The molecule has 0 radical (unpaired) electrons. The summed E-state index contributed by atoms with van der Waals surface area (Å²) in [5, 5.41) is 14.5. The van der Waals surface area contributed by atoms with Crippen LogP contribution >= 0.6 is 11.6 Å². The number of aromatic nitrogens is 1. The maximum absolute atomic E-state index is 11.1. The maximum atomic E-state index is 11.1. The average molecular weight is 304 g/mol. The molecule has 0 fully saturated rings. The van der Waals surface area contributed by atoms with Crippen molar-refractivity contribution in [1.29, 1.82) is 0 Å². The Hall–Kier alpha value is -2.14. The van der Waals surface area contributed by atoms with Crippen LogP contribution in [0.5, 0.6) is 0 Å². The van der Waals surface area contributed by atoms with Crippen LogP contribution in [0, 0.1) is 10.1 Å². The van der Waals surface area contributed by atoms with Crippen molar-refractivity contribution in [1.82, 2.24) is 4.98 Å². The van der Waals surface area contributed by atoms with E-state index in [0.29, 0.717) is 0 Å². The van der Waals surface area contributed by atoms with E-state index >= 15 is 0 Å². The van der Waals surface area contributed by atoms with Crippen LogP contribution in [0.1, 0.15) is 30.0 Å². The number of anilines is 1. The van der Waals surface area contributed by atoms with Gasteiger partial charge < -0.3 is 5.32 Å². The zero-order valence-corrected chi connectivity index (χ0v) is 12.0. The van der Waals surface area contributed by atoms with Gasteiger partial charge in [0.1, 0.15) is 5.15 Å². The molecule has 0 spiro atoms. The van der Waals surface area contributed by atoms with Crippen molar-refractivity contribution in [2.75, 3.05) is 5.32 Å². The fourth-order valence-electron chi connectivity index (χ4n) is 2.75. The third-order valence-corrected chi connectivity index (χ3v) is 3.93. The van der Waals surface area contributed by atoms with Crippen LogP contribution < -0.4 is 5.32 Å². The van der Waals surface area contributed by atoms with Gasteiger partial charge in [0.05, 0.1) is 11.0 Å². The zero-order chi connectivity index (χ0) is 14.8. The fourth-order valence-corrected chi connectivity index (χ4v) is 2.90. The average Bonchev–Trinajstić information content (AvgIpc) is 2.47. The summed E-state index contributed by atoms with van der Waals surface area (Å²) in [6, 6.07) is 11.0. The Morgan fingerprint density at radius 3 is 2.90 bits per heavy atom. The Kier molecular flexibility index (Phi) is 3.75. The normalized spacial score (nSPS) is 17.1. The summed E-state index contributed by atoms with van der Waals surface area (Å²) in [5.41, 5.74) is 2.41. The minimum atomic E-state index is -0.444. The van der Waals surface area contributed by atoms with Gasteiger partial charge in [-0.3, -0.25) is 10.1 Å². The van der Waals surface area contributed by atoms with E-state index in [-0.39, 0.29) is 22.7 Å². The Morgan fingerprint density at radius 1 is 1.29 bits per heavy atom. The smallest absolute Gasteiger partial charge is 0.311 e. The van der Waals surface area contributed by atoms with E-state index in [1.54, 1.807) is 0 Å². The van der Waals surface area contributed by atoms with E-state index in [1.807, 2.05) is 12.1 Å². The molecular weight excluding hydrogens is 290 g/mol. The van der Waals surface area contributed by atoms with Crippen LogP contribution in [0.2, 0.25) is 5.15 Å². The number of hydrogen-bond acceptors (Lipinski definition) is 4. The number of nitrogens with one attached hydrogen (secondary N) is 1. The van der Waals surface area contributed by atoms with Crippen LogP contribution in [0.4, 0.5) is 11.5 Å². The molecule has 1 heterocycles. The highest BCUT2D eigenvalue weighted by Crippen LogP contribution is 2.34. The lowest BCUT2D eigenvalue weighted by Gasteiger charge is -2.26. The van der Waals surface area contributed by atoms with Gasteiger partial charge in [0, 0.05) is 6.07 Å². The maximum Gasteiger partial charge on any atom is 0.311 e.